The summed E-state index contributed by atoms with van der Waals surface area (Å²) in [6, 6.07) is 5.79. The summed E-state index contributed by atoms with van der Waals surface area (Å²) in [7, 11) is 0. The number of hydrogen-bond acceptors (Lipinski definition) is 10. The first-order valence-electron chi connectivity index (χ1n) is 7.95. The maximum absolute atomic E-state index is 12.0. The highest BCUT2D eigenvalue weighted by Crippen LogP contribution is 2.27. The van der Waals surface area contributed by atoms with Gasteiger partial charge in [0.05, 0.1) is 58.5 Å². The van der Waals surface area contributed by atoms with Crippen LogP contribution < -0.4 is 34.4 Å². The fraction of sp³-hybridized carbons (Fsp3) is 0.176. The lowest BCUT2D eigenvalue weighted by Crippen LogP contribution is -2.14. The second-order valence-electron chi connectivity index (χ2n) is 5.68. The molecule has 12 N–H and O–H groups in total. The zero-order chi connectivity index (χ0) is 20.1. The van der Waals surface area contributed by atoms with Crippen LogP contribution in [0.2, 0.25) is 0 Å². The van der Waals surface area contributed by atoms with Gasteiger partial charge in [-0.1, -0.05) is 0 Å². The second kappa shape index (κ2) is 8.04. The van der Waals surface area contributed by atoms with Gasteiger partial charge in [0.15, 0.2) is 0 Å². The summed E-state index contributed by atoms with van der Waals surface area (Å²) >= 11 is 0. The fourth-order valence-electron chi connectivity index (χ4n) is 2.21. The Labute approximate surface area is 155 Å². The molecule has 10 nitrogen and oxygen atoms in total. The van der Waals surface area contributed by atoms with Crippen molar-refractivity contribution in [2.24, 2.45) is 0 Å². The molecule has 0 unspecified atom stereocenters. The van der Waals surface area contributed by atoms with Crippen molar-refractivity contribution < 1.29 is 19.1 Å². The summed E-state index contributed by atoms with van der Waals surface area (Å²) in [5, 5.41) is 0. The molecule has 0 radical (unpaired) electrons. The van der Waals surface area contributed by atoms with Gasteiger partial charge in [0.25, 0.3) is 0 Å². The summed E-state index contributed by atoms with van der Waals surface area (Å²) in [6.07, 6.45) is 0.270. The van der Waals surface area contributed by atoms with E-state index in [1.807, 2.05) is 0 Å². The molecule has 0 atom stereocenters. The van der Waals surface area contributed by atoms with Crippen LogP contribution in [0.25, 0.3) is 0 Å². The van der Waals surface area contributed by atoms with Gasteiger partial charge in [-0.2, -0.15) is 0 Å². The predicted octanol–water partition coefficient (Wildman–Crippen LogP) is 0.584. The molecule has 2 aromatic carbocycles. The highest BCUT2D eigenvalue weighted by atomic mass is 16.5. The first-order valence-corrected chi connectivity index (χ1v) is 7.95. The topological polar surface area (TPSA) is 209 Å². The lowest BCUT2D eigenvalue weighted by molar-refractivity contribution is 0.0397. The van der Waals surface area contributed by atoms with Gasteiger partial charge in [-0.25, -0.2) is 9.59 Å². The molecular weight excluding hydrogens is 352 g/mol. The molecule has 2 rings (SSSR count). The van der Waals surface area contributed by atoms with Crippen LogP contribution >= 0.6 is 0 Å². The molecule has 0 bridgehead atoms. The molecule has 0 aliphatic heterocycles. The van der Waals surface area contributed by atoms with E-state index in [4.69, 9.17) is 43.9 Å². The standard InChI is InChI=1S/C17H22N6O4/c18-10-4-2-8(12(20)14(10)22)16(24)26-6-1-7-27-17(25)9-3-5-11(19)15(23)13(9)21/h2-5H,1,6-7,18-23H2. The summed E-state index contributed by atoms with van der Waals surface area (Å²) in [4.78, 5) is 24.0. The van der Waals surface area contributed by atoms with E-state index in [0.29, 0.717) is 0 Å². The summed E-state index contributed by atoms with van der Waals surface area (Å²) in [6.45, 7) is 0.0182. The van der Waals surface area contributed by atoms with Crippen LogP contribution in [0.1, 0.15) is 27.1 Å². The van der Waals surface area contributed by atoms with Crippen LogP contribution in [0, 0.1) is 0 Å². The normalized spacial score (nSPS) is 10.4. The zero-order valence-corrected chi connectivity index (χ0v) is 14.5. The number of rotatable bonds is 6. The summed E-state index contributed by atoms with van der Waals surface area (Å²) < 4.78 is 10.2. The molecule has 0 aliphatic rings. The third-order valence-corrected chi connectivity index (χ3v) is 3.84. The largest absolute Gasteiger partial charge is 0.462 e. The Bertz CT molecular complexity index is 813. The van der Waals surface area contributed by atoms with E-state index in [0.717, 1.165) is 0 Å². The molecule has 10 heteroatoms. The first kappa shape index (κ1) is 19.5. The molecule has 2 aromatic rings. The van der Waals surface area contributed by atoms with E-state index in [1.54, 1.807) is 0 Å². The van der Waals surface area contributed by atoms with Crippen LogP contribution in [0.15, 0.2) is 24.3 Å². The van der Waals surface area contributed by atoms with E-state index in [-0.39, 0.29) is 64.9 Å². The predicted molar refractivity (Wildman–Crippen MR) is 105 cm³/mol. The van der Waals surface area contributed by atoms with Gasteiger partial charge < -0.3 is 43.9 Å². The maximum atomic E-state index is 12.0. The van der Waals surface area contributed by atoms with Crippen LogP contribution in [-0.2, 0) is 9.47 Å². The lowest BCUT2D eigenvalue weighted by Gasteiger charge is -2.11. The van der Waals surface area contributed by atoms with E-state index >= 15 is 0 Å². The smallest absolute Gasteiger partial charge is 0.340 e. The van der Waals surface area contributed by atoms with Gasteiger partial charge in [-0.15, -0.1) is 0 Å². The highest BCUT2D eigenvalue weighted by Gasteiger charge is 2.16. The van der Waals surface area contributed by atoms with Gasteiger partial charge in [0.2, 0.25) is 0 Å². The Morgan fingerprint density at radius 1 is 0.630 bits per heavy atom. The van der Waals surface area contributed by atoms with Gasteiger partial charge in [0, 0.05) is 6.42 Å². The van der Waals surface area contributed by atoms with Crippen molar-refractivity contribution in [1.29, 1.82) is 0 Å². The molecule has 27 heavy (non-hydrogen) atoms. The molecule has 0 fully saturated rings. The molecule has 0 amide bonds. The van der Waals surface area contributed by atoms with E-state index in [1.165, 1.54) is 24.3 Å². The monoisotopic (exact) mass is 374 g/mol. The van der Waals surface area contributed by atoms with Gasteiger partial charge in [-0.05, 0) is 24.3 Å². The highest BCUT2D eigenvalue weighted by molar-refractivity contribution is 6.01. The third kappa shape index (κ3) is 4.24. The first-order chi connectivity index (χ1) is 12.7. The summed E-state index contributed by atoms with van der Waals surface area (Å²) in [5.74, 6) is -1.30. The molecule has 0 saturated carbocycles. The average molecular weight is 374 g/mol. The minimum Gasteiger partial charge on any atom is -0.462 e. The van der Waals surface area contributed by atoms with Crippen molar-refractivity contribution in [3.63, 3.8) is 0 Å². The van der Waals surface area contributed by atoms with Gasteiger partial charge >= 0.3 is 11.9 Å². The van der Waals surface area contributed by atoms with Crippen molar-refractivity contribution >= 4 is 46.1 Å². The molecule has 0 spiro atoms. The number of carbonyl (C=O) groups is 2. The Hall–Kier alpha value is -3.82. The number of carbonyl (C=O) groups excluding carboxylic acids is 2. The number of esters is 2. The Balaban J connectivity index is 1.82. The number of ether oxygens (including phenoxy) is 2. The number of nitrogens with two attached hydrogens (primary N) is 6. The van der Waals surface area contributed by atoms with Crippen molar-refractivity contribution in [3.8, 4) is 0 Å². The lowest BCUT2D eigenvalue weighted by atomic mass is 10.1. The molecule has 0 aliphatic carbocycles. The average Bonchev–Trinajstić information content (AvgIpc) is 2.63. The molecule has 144 valence electrons. The van der Waals surface area contributed by atoms with E-state index in [2.05, 4.69) is 0 Å². The van der Waals surface area contributed by atoms with Crippen molar-refractivity contribution in [2.45, 2.75) is 6.42 Å². The van der Waals surface area contributed by atoms with Gasteiger partial charge in [-0.3, -0.25) is 0 Å². The third-order valence-electron chi connectivity index (χ3n) is 3.84. The number of nitrogen functional groups attached to an aromatic ring is 6. The van der Waals surface area contributed by atoms with Crippen molar-refractivity contribution in [2.75, 3.05) is 47.6 Å². The number of anilines is 6. The number of hydrogen-bond donors (Lipinski definition) is 6. The van der Waals surface area contributed by atoms with E-state index < -0.39 is 11.9 Å². The van der Waals surface area contributed by atoms with Crippen molar-refractivity contribution in [1.82, 2.24) is 0 Å². The van der Waals surface area contributed by atoms with Crippen molar-refractivity contribution in [3.05, 3.63) is 35.4 Å². The summed E-state index contributed by atoms with van der Waals surface area (Å²) in [5.41, 5.74) is 35.2. The Morgan fingerprint density at radius 3 is 1.37 bits per heavy atom. The molecule has 0 saturated heterocycles. The Morgan fingerprint density at radius 2 is 1.00 bits per heavy atom. The maximum Gasteiger partial charge on any atom is 0.340 e. The minimum absolute atomic E-state index is 0.00912. The molecule has 0 heterocycles. The van der Waals surface area contributed by atoms with Gasteiger partial charge in [0.1, 0.15) is 0 Å². The van der Waals surface area contributed by atoms with Crippen LogP contribution in [0.3, 0.4) is 0 Å². The Kier molecular flexibility index (Phi) is 5.81. The van der Waals surface area contributed by atoms with Crippen LogP contribution in [-0.4, -0.2) is 25.2 Å². The second-order valence-corrected chi connectivity index (χ2v) is 5.68. The van der Waals surface area contributed by atoms with Crippen LogP contribution in [0.4, 0.5) is 34.1 Å². The van der Waals surface area contributed by atoms with Crippen LogP contribution in [0.5, 0.6) is 0 Å². The van der Waals surface area contributed by atoms with E-state index in [9.17, 15) is 9.59 Å². The number of benzene rings is 2. The SMILES string of the molecule is Nc1ccc(C(=O)OCCCOC(=O)c2ccc(N)c(N)c2N)c(N)c1N. The molecule has 0 aromatic heterocycles. The zero-order valence-electron chi connectivity index (χ0n) is 14.5. The fourth-order valence-corrected chi connectivity index (χ4v) is 2.21. The minimum atomic E-state index is -0.652. The molecular formula is C17H22N6O4. The quantitative estimate of drug-likeness (QED) is 0.235.